The Balaban J connectivity index is 1.31. The standard InChI is InChI=1S/C19H19N5O3S/c1-24-8-12(5-21-24)13-6-20-7-14(13)18(25)23-19-22-15(9-28-19)11-2-3-16-17(4-11)27-10-26-16/h2-5,8-9,13-14,20H,6-7,10H2,1H3,(H,22,23,25)/t13-,14+/m1/s1. The van der Waals surface area contributed by atoms with Crippen molar-refractivity contribution >= 4 is 22.4 Å². The number of fused-ring (bicyclic) bond motifs is 1. The van der Waals surface area contributed by atoms with E-state index in [0.717, 1.165) is 29.1 Å². The minimum Gasteiger partial charge on any atom is -0.454 e. The first kappa shape index (κ1) is 17.2. The molecular formula is C19H19N5O3S. The molecule has 3 aromatic rings. The summed E-state index contributed by atoms with van der Waals surface area (Å²) in [6.07, 6.45) is 3.80. The molecular weight excluding hydrogens is 378 g/mol. The molecule has 1 aromatic carbocycles. The van der Waals surface area contributed by atoms with Crippen molar-refractivity contribution in [3.8, 4) is 22.8 Å². The van der Waals surface area contributed by atoms with Gasteiger partial charge in [-0.05, 0) is 23.8 Å². The molecule has 4 heterocycles. The molecule has 9 heteroatoms. The van der Waals surface area contributed by atoms with Crippen molar-refractivity contribution in [1.82, 2.24) is 20.1 Å². The van der Waals surface area contributed by atoms with Crippen molar-refractivity contribution in [2.75, 3.05) is 25.2 Å². The van der Waals surface area contributed by atoms with E-state index in [-0.39, 0.29) is 24.5 Å². The summed E-state index contributed by atoms with van der Waals surface area (Å²) in [4.78, 5) is 17.4. The highest BCUT2D eigenvalue weighted by Crippen LogP contribution is 2.37. The number of amides is 1. The fraction of sp³-hybridized carbons (Fsp3) is 0.316. The minimum absolute atomic E-state index is 0.0227. The number of carbonyl (C=O) groups excluding carboxylic acids is 1. The van der Waals surface area contributed by atoms with E-state index in [2.05, 4.69) is 20.7 Å². The Hall–Kier alpha value is -2.91. The quantitative estimate of drug-likeness (QED) is 0.702. The molecule has 0 saturated carbocycles. The Morgan fingerprint density at radius 2 is 2.21 bits per heavy atom. The van der Waals surface area contributed by atoms with E-state index in [9.17, 15) is 4.79 Å². The molecule has 1 fully saturated rings. The largest absolute Gasteiger partial charge is 0.454 e. The predicted octanol–water partition coefficient (Wildman–Crippen LogP) is 2.21. The van der Waals surface area contributed by atoms with Crippen LogP contribution in [0.2, 0.25) is 0 Å². The smallest absolute Gasteiger partial charge is 0.231 e. The van der Waals surface area contributed by atoms with Crippen LogP contribution in [0.25, 0.3) is 11.3 Å². The Kier molecular flexibility index (Phi) is 4.25. The van der Waals surface area contributed by atoms with E-state index in [1.165, 1.54) is 11.3 Å². The number of rotatable bonds is 4. The zero-order chi connectivity index (χ0) is 19.1. The summed E-state index contributed by atoms with van der Waals surface area (Å²) >= 11 is 1.41. The molecule has 8 nitrogen and oxygen atoms in total. The first-order valence-corrected chi connectivity index (χ1v) is 9.91. The molecule has 2 atom stereocenters. The average Bonchev–Trinajstić information content (AvgIpc) is 3.47. The zero-order valence-electron chi connectivity index (χ0n) is 15.2. The van der Waals surface area contributed by atoms with E-state index in [0.29, 0.717) is 17.4 Å². The van der Waals surface area contributed by atoms with Crippen molar-refractivity contribution in [2.24, 2.45) is 13.0 Å². The molecule has 0 spiro atoms. The number of nitrogens with one attached hydrogen (secondary N) is 2. The normalized spacial score (nSPS) is 20.5. The minimum atomic E-state index is -0.151. The second-order valence-corrected chi connectivity index (χ2v) is 7.77. The summed E-state index contributed by atoms with van der Waals surface area (Å²) < 4.78 is 12.5. The number of hydrogen-bond acceptors (Lipinski definition) is 7. The summed E-state index contributed by atoms with van der Waals surface area (Å²) in [7, 11) is 1.88. The van der Waals surface area contributed by atoms with Gasteiger partial charge in [0.05, 0.1) is 17.8 Å². The lowest BCUT2D eigenvalue weighted by Gasteiger charge is -2.15. The van der Waals surface area contributed by atoms with Gasteiger partial charge in [0.15, 0.2) is 16.6 Å². The van der Waals surface area contributed by atoms with Crippen LogP contribution in [0.3, 0.4) is 0 Å². The molecule has 1 saturated heterocycles. The van der Waals surface area contributed by atoms with Crippen LogP contribution in [0, 0.1) is 5.92 Å². The molecule has 5 rings (SSSR count). The first-order valence-electron chi connectivity index (χ1n) is 9.03. The van der Waals surface area contributed by atoms with Crippen molar-refractivity contribution < 1.29 is 14.3 Å². The average molecular weight is 397 g/mol. The van der Waals surface area contributed by atoms with Gasteiger partial charge in [-0.15, -0.1) is 11.3 Å². The number of benzene rings is 1. The van der Waals surface area contributed by atoms with Crippen LogP contribution in [0.5, 0.6) is 11.5 Å². The molecule has 0 bridgehead atoms. The van der Waals surface area contributed by atoms with Crippen LogP contribution in [-0.2, 0) is 11.8 Å². The van der Waals surface area contributed by atoms with Gasteiger partial charge in [-0.3, -0.25) is 9.48 Å². The van der Waals surface area contributed by atoms with E-state index in [1.54, 1.807) is 4.68 Å². The second kappa shape index (κ2) is 6.92. The summed E-state index contributed by atoms with van der Waals surface area (Å²) in [5, 5.41) is 13.0. The summed E-state index contributed by atoms with van der Waals surface area (Å²) in [6.45, 7) is 1.65. The van der Waals surface area contributed by atoms with E-state index < -0.39 is 0 Å². The van der Waals surface area contributed by atoms with Crippen LogP contribution in [-0.4, -0.2) is 40.6 Å². The zero-order valence-corrected chi connectivity index (χ0v) is 16.0. The maximum atomic E-state index is 12.9. The number of nitrogens with zero attached hydrogens (tertiary/aromatic N) is 3. The second-order valence-electron chi connectivity index (χ2n) is 6.91. The Bertz CT molecular complexity index is 1030. The molecule has 2 aromatic heterocycles. The number of carbonyl (C=O) groups is 1. The predicted molar refractivity (Wildman–Crippen MR) is 105 cm³/mol. The third-order valence-electron chi connectivity index (χ3n) is 5.11. The van der Waals surface area contributed by atoms with Crippen LogP contribution in [0.4, 0.5) is 5.13 Å². The number of aromatic nitrogens is 3. The number of hydrogen-bond donors (Lipinski definition) is 2. The van der Waals surface area contributed by atoms with Gasteiger partial charge in [-0.2, -0.15) is 5.10 Å². The van der Waals surface area contributed by atoms with Gasteiger partial charge in [-0.1, -0.05) is 0 Å². The summed E-state index contributed by atoms with van der Waals surface area (Å²) in [5.41, 5.74) is 2.80. The summed E-state index contributed by atoms with van der Waals surface area (Å²) in [5.74, 6) is 1.39. The number of anilines is 1. The number of thiazole rings is 1. The lowest BCUT2D eigenvalue weighted by atomic mass is 9.90. The monoisotopic (exact) mass is 397 g/mol. The molecule has 144 valence electrons. The lowest BCUT2D eigenvalue weighted by Crippen LogP contribution is -2.28. The highest BCUT2D eigenvalue weighted by molar-refractivity contribution is 7.14. The topological polar surface area (TPSA) is 90.3 Å². The first-order chi connectivity index (χ1) is 13.7. The highest BCUT2D eigenvalue weighted by atomic mass is 32.1. The van der Waals surface area contributed by atoms with E-state index in [1.807, 2.05) is 43.0 Å². The maximum absolute atomic E-state index is 12.9. The molecule has 0 aliphatic carbocycles. The van der Waals surface area contributed by atoms with Crippen molar-refractivity contribution in [3.63, 3.8) is 0 Å². The van der Waals surface area contributed by atoms with Crippen LogP contribution < -0.4 is 20.1 Å². The van der Waals surface area contributed by atoms with Crippen LogP contribution in [0.1, 0.15) is 11.5 Å². The number of ether oxygens (including phenoxy) is 2. The lowest BCUT2D eigenvalue weighted by molar-refractivity contribution is -0.119. The summed E-state index contributed by atoms with van der Waals surface area (Å²) in [6, 6.07) is 5.72. The Morgan fingerprint density at radius 3 is 3.07 bits per heavy atom. The van der Waals surface area contributed by atoms with Gasteiger partial charge < -0.3 is 20.1 Å². The molecule has 28 heavy (non-hydrogen) atoms. The van der Waals surface area contributed by atoms with Crippen LogP contribution >= 0.6 is 11.3 Å². The maximum Gasteiger partial charge on any atom is 0.231 e. The van der Waals surface area contributed by atoms with Gasteiger partial charge in [-0.25, -0.2) is 4.98 Å². The van der Waals surface area contributed by atoms with Gasteiger partial charge >= 0.3 is 0 Å². The molecule has 2 N–H and O–H groups in total. The molecule has 0 radical (unpaired) electrons. The fourth-order valence-corrected chi connectivity index (χ4v) is 4.38. The molecule has 2 aliphatic rings. The highest BCUT2D eigenvalue weighted by Gasteiger charge is 2.35. The van der Waals surface area contributed by atoms with Crippen molar-refractivity contribution in [1.29, 1.82) is 0 Å². The molecule has 1 amide bonds. The third-order valence-corrected chi connectivity index (χ3v) is 5.86. The van der Waals surface area contributed by atoms with Crippen molar-refractivity contribution in [2.45, 2.75) is 5.92 Å². The molecule has 2 aliphatic heterocycles. The Morgan fingerprint density at radius 1 is 1.32 bits per heavy atom. The van der Waals surface area contributed by atoms with E-state index >= 15 is 0 Å². The fourth-order valence-electron chi connectivity index (χ4n) is 3.65. The van der Waals surface area contributed by atoms with Gasteiger partial charge in [0.1, 0.15) is 0 Å². The van der Waals surface area contributed by atoms with Crippen molar-refractivity contribution in [3.05, 3.63) is 41.5 Å². The Labute approximate surface area is 165 Å². The van der Waals surface area contributed by atoms with E-state index in [4.69, 9.17) is 9.47 Å². The van der Waals surface area contributed by atoms with Crippen LogP contribution in [0.15, 0.2) is 36.0 Å². The van der Waals surface area contributed by atoms with Gasteiger partial charge in [0.2, 0.25) is 12.7 Å². The SMILES string of the molecule is Cn1cc([C@H]2CNC[C@@H]2C(=O)Nc2nc(-c3ccc4c(c3)OCO4)cs2)cn1. The van der Waals surface area contributed by atoms with Gasteiger partial charge in [0.25, 0.3) is 0 Å². The van der Waals surface area contributed by atoms with Gasteiger partial charge in [0, 0.05) is 43.2 Å². The molecule has 0 unspecified atom stereocenters. The number of aryl methyl sites for hydroxylation is 1. The third kappa shape index (κ3) is 3.12.